The van der Waals surface area contributed by atoms with Crippen molar-refractivity contribution in [3.8, 4) is 5.75 Å². The van der Waals surface area contributed by atoms with E-state index >= 15 is 0 Å². The Kier molecular flexibility index (Phi) is 11.1. The molecule has 0 radical (unpaired) electrons. The quantitative estimate of drug-likeness (QED) is 0.636. The Morgan fingerprint density at radius 3 is 2.04 bits per heavy atom. The number of benzene rings is 1. The van der Waals surface area contributed by atoms with E-state index in [2.05, 4.69) is 6.92 Å². The van der Waals surface area contributed by atoms with E-state index in [1.54, 1.807) is 0 Å². The fraction of sp³-hybridized carbons (Fsp3) is 0.529. The molecule has 0 fully saturated rings. The van der Waals surface area contributed by atoms with Crippen LogP contribution < -0.4 is 4.74 Å². The minimum atomic E-state index is -5.08. The van der Waals surface area contributed by atoms with Crippen LogP contribution in [-0.4, -0.2) is 34.9 Å². The van der Waals surface area contributed by atoms with Crippen LogP contribution in [0.3, 0.4) is 0 Å². The lowest BCUT2D eigenvalue weighted by molar-refractivity contribution is -0.192. The molecule has 0 spiro atoms. The van der Waals surface area contributed by atoms with Crippen LogP contribution in [0.25, 0.3) is 0 Å². The standard InChI is InChI=1S/C15H22O3.C2HF3O2/c1-2-3-8-13(15(16)17)9-7-12-18-14-10-5-4-6-11-14;3-2(4,5)1(6)7/h4-6,10-11,13H,2-3,7-9,12H2,1H3,(H,16,17);(H,6,7). The van der Waals surface area contributed by atoms with E-state index in [1.165, 1.54) is 0 Å². The van der Waals surface area contributed by atoms with E-state index in [-0.39, 0.29) is 5.92 Å². The van der Waals surface area contributed by atoms with Crippen LogP contribution in [0.2, 0.25) is 0 Å². The number of para-hydroxylation sites is 1. The molecular weight excluding hydrogens is 341 g/mol. The molecule has 1 atom stereocenters. The lowest BCUT2D eigenvalue weighted by Gasteiger charge is -2.12. The van der Waals surface area contributed by atoms with Gasteiger partial charge in [0.1, 0.15) is 5.75 Å². The number of carbonyl (C=O) groups is 2. The Morgan fingerprint density at radius 1 is 1.08 bits per heavy atom. The molecule has 0 aliphatic rings. The first-order valence-corrected chi connectivity index (χ1v) is 7.89. The molecule has 1 aromatic carbocycles. The van der Waals surface area contributed by atoms with Crippen LogP contribution >= 0.6 is 0 Å². The van der Waals surface area contributed by atoms with Gasteiger partial charge in [-0.15, -0.1) is 0 Å². The lowest BCUT2D eigenvalue weighted by atomic mass is 9.97. The topological polar surface area (TPSA) is 83.8 Å². The van der Waals surface area contributed by atoms with Crippen LogP contribution in [-0.2, 0) is 9.59 Å². The van der Waals surface area contributed by atoms with Crippen molar-refractivity contribution >= 4 is 11.9 Å². The fourth-order valence-electron chi connectivity index (χ4n) is 1.88. The molecule has 0 amide bonds. The second kappa shape index (κ2) is 12.2. The van der Waals surface area contributed by atoms with Crippen molar-refractivity contribution in [2.45, 2.75) is 45.2 Å². The summed E-state index contributed by atoms with van der Waals surface area (Å²) in [6.07, 6.45) is -0.796. The first kappa shape index (κ1) is 22.8. The molecule has 5 nitrogen and oxygen atoms in total. The molecule has 142 valence electrons. The van der Waals surface area contributed by atoms with Crippen molar-refractivity contribution in [1.29, 1.82) is 0 Å². The Hall–Kier alpha value is -2.25. The zero-order chi connectivity index (χ0) is 19.3. The van der Waals surface area contributed by atoms with E-state index in [1.807, 2.05) is 30.3 Å². The van der Waals surface area contributed by atoms with Gasteiger partial charge < -0.3 is 14.9 Å². The average Bonchev–Trinajstić information content (AvgIpc) is 2.54. The zero-order valence-electron chi connectivity index (χ0n) is 14.0. The van der Waals surface area contributed by atoms with E-state index in [4.69, 9.17) is 19.7 Å². The lowest BCUT2D eigenvalue weighted by Crippen LogP contribution is -2.21. The second-order valence-electron chi connectivity index (χ2n) is 5.28. The summed E-state index contributed by atoms with van der Waals surface area (Å²) in [6, 6.07) is 9.61. The minimum absolute atomic E-state index is 0.218. The molecule has 0 saturated carbocycles. The van der Waals surface area contributed by atoms with Gasteiger partial charge in [0.05, 0.1) is 12.5 Å². The highest BCUT2D eigenvalue weighted by Gasteiger charge is 2.38. The number of halogens is 3. The van der Waals surface area contributed by atoms with E-state index in [0.29, 0.717) is 13.0 Å². The van der Waals surface area contributed by atoms with Gasteiger partial charge in [0.15, 0.2) is 0 Å². The molecule has 0 heterocycles. The smallest absolute Gasteiger partial charge is 0.490 e. The molecule has 8 heteroatoms. The van der Waals surface area contributed by atoms with Crippen molar-refractivity contribution in [3.05, 3.63) is 30.3 Å². The maximum absolute atomic E-state index is 11.0. The fourth-order valence-corrected chi connectivity index (χ4v) is 1.88. The van der Waals surface area contributed by atoms with Gasteiger partial charge in [0, 0.05) is 0 Å². The molecule has 25 heavy (non-hydrogen) atoms. The summed E-state index contributed by atoms with van der Waals surface area (Å²) in [4.78, 5) is 19.9. The minimum Gasteiger partial charge on any atom is -0.494 e. The van der Waals surface area contributed by atoms with E-state index < -0.39 is 18.1 Å². The van der Waals surface area contributed by atoms with Crippen molar-refractivity contribution < 1.29 is 37.7 Å². The van der Waals surface area contributed by atoms with Gasteiger partial charge in [-0.05, 0) is 31.4 Å². The van der Waals surface area contributed by atoms with Gasteiger partial charge in [0.25, 0.3) is 0 Å². The number of unbranched alkanes of at least 4 members (excludes halogenated alkanes) is 1. The monoisotopic (exact) mass is 364 g/mol. The molecule has 1 aromatic rings. The Balaban J connectivity index is 0.000000697. The molecule has 0 aliphatic heterocycles. The number of hydrogen-bond donors (Lipinski definition) is 2. The highest BCUT2D eigenvalue weighted by molar-refractivity contribution is 5.73. The summed E-state index contributed by atoms with van der Waals surface area (Å²) in [5.41, 5.74) is 0. The predicted octanol–water partition coefficient (Wildman–Crippen LogP) is 4.37. The Morgan fingerprint density at radius 2 is 1.60 bits per heavy atom. The maximum Gasteiger partial charge on any atom is 0.490 e. The van der Waals surface area contributed by atoms with Crippen LogP contribution in [0.15, 0.2) is 30.3 Å². The summed E-state index contributed by atoms with van der Waals surface area (Å²) in [5, 5.41) is 16.2. The number of hydrogen-bond acceptors (Lipinski definition) is 3. The third-order valence-electron chi connectivity index (χ3n) is 3.21. The third-order valence-corrected chi connectivity index (χ3v) is 3.21. The molecule has 1 unspecified atom stereocenters. The van der Waals surface area contributed by atoms with Gasteiger partial charge in [-0.3, -0.25) is 4.79 Å². The number of alkyl halides is 3. The molecule has 2 N–H and O–H groups in total. The van der Waals surface area contributed by atoms with Crippen LogP contribution in [0.5, 0.6) is 5.75 Å². The van der Waals surface area contributed by atoms with Crippen molar-refractivity contribution in [2.24, 2.45) is 5.92 Å². The molecule has 1 rings (SSSR count). The first-order chi connectivity index (χ1) is 11.7. The molecular formula is C17H23F3O5. The van der Waals surface area contributed by atoms with Crippen molar-refractivity contribution in [3.63, 3.8) is 0 Å². The number of carboxylic acids is 2. The van der Waals surface area contributed by atoms with E-state index in [0.717, 1.165) is 31.4 Å². The number of ether oxygens (including phenoxy) is 1. The summed E-state index contributed by atoms with van der Waals surface area (Å²) in [6.45, 7) is 2.66. The third kappa shape index (κ3) is 11.9. The first-order valence-electron chi connectivity index (χ1n) is 7.89. The molecule has 0 bridgehead atoms. The summed E-state index contributed by atoms with van der Waals surface area (Å²) >= 11 is 0. The average molecular weight is 364 g/mol. The number of aliphatic carboxylic acids is 2. The molecule has 0 saturated heterocycles. The van der Waals surface area contributed by atoms with Crippen molar-refractivity contribution in [2.75, 3.05) is 6.61 Å². The zero-order valence-corrected chi connectivity index (χ0v) is 14.0. The second-order valence-corrected chi connectivity index (χ2v) is 5.28. The largest absolute Gasteiger partial charge is 0.494 e. The van der Waals surface area contributed by atoms with Gasteiger partial charge in [0.2, 0.25) is 0 Å². The maximum atomic E-state index is 11.0. The Labute approximate surface area is 144 Å². The van der Waals surface area contributed by atoms with Crippen LogP contribution in [0, 0.1) is 5.92 Å². The summed E-state index contributed by atoms with van der Waals surface area (Å²) in [7, 11) is 0. The normalized spacial score (nSPS) is 11.8. The summed E-state index contributed by atoms with van der Waals surface area (Å²) < 4.78 is 37.3. The highest BCUT2D eigenvalue weighted by Crippen LogP contribution is 2.16. The van der Waals surface area contributed by atoms with Gasteiger partial charge in [-0.2, -0.15) is 13.2 Å². The van der Waals surface area contributed by atoms with Gasteiger partial charge in [-0.25, -0.2) is 4.79 Å². The number of rotatable bonds is 9. The predicted molar refractivity (Wildman–Crippen MR) is 85.5 cm³/mol. The molecule has 0 aromatic heterocycles. The van der Waals surface area contributed by atoms with Gasteiger partial charge >= 0.3 is 18.1 Å². The van der Waals surface area contributed by atoms with Gasteiger partial charge in [-0.1, -0.05) is 38.0 Å². The summed E-state index contributed by atoms with van der Waals surface area (Å²) in [5.74, 6) is -2.81. The van der Waals surface area contributed by atoms with Crippen molar-refractivity contribution in [1.82, 2.24) is 0 Å². The van der Waals surface area contributed by atoms with Crippen LogP contribution in [0.4, 0.5) is 13.2 Å². The number of carboxylic acid groups (broad SMARTS) is 2. The highest BCUT2D eigenvalue weighted by atomic mass is 19.4. The van der Waals surface area contributed by atoms with Crippen LogP contribution in [0.1, 0.15) is 39.0 Å². The Bertz CT molecular complexity index is 503. The molecule has 0 aliphatic carbocycles. The van der Waals surface area contributed by atoms with E-state index in [9.17, 15) is 18.0 Å². The SMILES string of the molecule is CCCCC(CCCOc1ccccc1)C(=O)O.O=C(O)C(F)(F)F.